The number of H-pyrrole nitrogens is 1. The summed E-state index contributed by atoms with van der Waals surface area (Å²) in [4.78, 5) is 33.2. The molecule has 2 heterocycles. The Morgan fingerprint density at radius 3 is 2.51 bits per heavy atom. The van der Waals surface area contributed by atoms with Crippen LogP contribution in [0.25, 0.3) is 10.9 Å². The summed E-state index contributed by atoms with van der Waals surface area (Å²) in [6, 6.07) is 24.9. The monoisotopic (exact) mass is 494 g/mol. The quantitative estimate of drug-likeness (QED) is 0.368. The highest BCUT2D eigenvalue weighted by Crippen LogP contribution is 2.32. The normalized spacial score (nSPS) is 16.2. The number of para-hydroxylation sites is 1. The van der Waals surface area contributed by atoms with Crippen molar-refractivity contribution in [2.75, 3.05) is 32.1 Å². The van der Waals surface area contributed by atoms with E-state index in [1.54, 1.807) is 4.90 Å². The molecule has 2 N–H and O–H groups in total. The molecule has 0 bridgehead atoms. The fourth-order valence-electron chi connectivity index (χ4n) is 5.16. The van der Waals surface area contributed by atoms with Gasteiger partial charge in [-0.05, 0) is 41.8 Å². The highest BCUT2D eigenvalue weighted by atomic mass is 16.2. The van der Waals surface area contributed by atoms with E-state index in [9.17, 15) is 9.59 Å². The van der Waals surface area contributed by atoms with Gasteiger partial charge in [0.1, 0.15) is 0 Å². The largest absolute Gasteiger partial charge is 0.378 e. The van der Waals surface area contributed by atoms with Crippen LogP contribution in [0.1, 0.15) is 34.6 Å². The van der Waals surface area contributed by atoms with Gasteiger partial charge in [-0.2, -0.15) is 0 Å². The molecule has 5 rings (SSSR count). The van der Waals surface area contributed by atoms with Crippen molar-refractivity contribution in [1.29, 1.82) is 0 Å². The minimum atomic E-state index is -0.335. The van der Waals surface area contributed by atoms with Gasteiger partial charge in [0, 0.05) is 68.9 Å². The number of amides is 2. The molecular weight excluding hydrogens is 460 g/mol. The Balaban J connectivity index is 1.31. The van der Waals surface area contributed by atoms with Crippen LogP contribution in [0.5, 0.6) is 0 Å². The number of hydrogen-bond donors (Lipinski definition) is 2. The molecule has 0 radical (unpaired) electrons. The standard InChI is InChI=1S/C31H34N4O2/c1-21-8-10-22(11-9-21)19-35-20-24(16-30(35)36)31(37)33-17-27(23-12-14-25(15-13-23)34(2)3)28-18-32-29-7-5-4-6-26(28)29/h4-15,18,24,27,32H,16-17,19-20H2,1-3H3,(H,33,37)/t24-,27-/m1/s1. The van der Waals surface area contributed by atoms with Crippen molar-refractivity contribution in [3.05, 3.63) is 101 Å². The van der Waals surface area contributed by atoms with Crippen LogP contribution in [-0.4, -0.2) is 48.9 Å². The topological polar surface area (TPSA) is 68.4 Å². The van der Waals surface area contributed by atoms with Crippen LogP contribution in [0.3, 0.4) is 0 Å². The van der Waals surface area contributed by atoms with Crippen LogP contribution >= 0.6 is 0 Å². The van der Waals surface area contributed by atoms with Gasteiger partial charge in [0.05, 0.1) is 5.92 Å². The van der Waals surface area contributed by atoms with E-state index in [1.807, 2.05) is 51.5 Å². The predicted octanol–water partition coefficient (Wildman–Crippen LogP) is 4.84. The third-order valence-corrected chi connectivity index (χ3v) is 7.37. The molecule has 2 atom stereocenters. The Morgan fingerprint density at radius 1 is 1.05 bits per heavy atom. The maximum Gasteiger partial charge on any atom is 0.225 e. The van der Waals surface area contributed by atoms with Gasteiger partial charge in [0.25, 0.3) is 0 Å². The van der Waals surface area contributed by atoms with Crippen LogP contribution in [0.15, 0.2) is 79.0 Å². The summed E-state index contributed by atoms with van der Waals surface area (Å²) in [5, 5.41) is 4.34. The first-order valence-electron chi connectivity index (χ1n) is 12.8. The second-order valence-corrected chi connectivity index (χ2v) is 10.2. The summed E-state index contributed by atoms with van der Waals surface area (Å²) in [5.74, 6) is -0.377. The van der Waals surface area contributed by atoms with Crippen LogP contribution in [0, 0.1) is 12.8 Å². The van der Waals surface area contributed by atoms with E-state index in [4.69, 9.17) is 0 Å². The Hall–Kier alpha value is -4.06. The van der Waals surface area contributed by atoms with Gasteiger partial charge in [-0.1, -0.05) is 60.2 Å². The molecule has 0 aliphatic carbocycles. The van der Waals surface area contributed by atoms with Crippen molar-refractivity contribution in [2.24, 2.45) is 5.92 Å². The SMILES string of the molecule is Cc1ccc(CN2C[C@H](C(=O)NC[C@H](c3ccc(N(C)C)cc3)c3c[nH]c4ccccc34)CC2=O)cc1. The number of likely N-dealkylation sites (tertiary alicyclic amines) is 1. The van der Waals surface area contributed by atoms with Crippen molar-refractivity contribution in [3.63, 3.8) is 0 Å². The van der Waals surface area contributed by atoms with Crippen molar-refractivity contribution >= 4 is 28.4 Å². The van der Waals surface area contributed by atoms with Crippen molar-refractivity contribution in [2.45, 2.75) is 25.8 Å². The number of nitrogens with one attached hydrogen (secondary N) is 2. The highest BCUT2D eigenvalue weighted by Gasteiger charge is 2.34. The minimum absolute atomic E-state index is 0.0166. The molecule has 0 spiro atoms. The highest BCUT2D eigenvalue weighted by molar-refractivity contribution is 5.89. The first-order valence-corrected chi connectivity index (χ1v) is 12.8. The van der Waals surface area contributed by atoms with E-state index in [2.05, 4.69) is 63.7 Å². The molecule has 4 aromatic rings. The number of hydrogen-bond acceptors (Lipinski definition) is 3. The van der Waals surface area contributed by atoms with Crippen molar-refractivity contribution in [3.8, 4) is 0 Å². The van der Waals surface area contributed by atoms with E-state index < -0.39 is 0 Å². The number of nitrogens with zero attached hydrogens (tertiary/aromatic N) is 2. The van der Waals surface area contributed by atoms with E-state index in [0.717, 1.165) is 33.3 Å². The van der Waals surface area contributed by atoms with Gasteiger partial charge < -0.3 is 20.1 Å². The first-order chi connectivity index (χ1) is 17.9. The van der Waals surface area contributed by atoms with Crippen molar-refractivity contribution in [1.82, 2.24) is 15.2 Å². The van der Waals surface area contributed by atoms with Gasteiger partial charge >= 0.3 is 0 Å². The van der Waals surface area contributed by atoms with Crippen LogP contribution in [0.2, 0.25) is 0 Å². The van der Waals surface area contributed by atoms with E-state index in [-0.39, 0.29) is 30.1 Å². The Labute approximate surface area is 218 Å². The molecular formula is C31H34N4O2. The number of aromatic nitrogens is 1. The Morgan fingerprint density at radius 2 is 1.78 bits per heavy atom. The number of carbonyl (C=O) groups excluding carboxylic acids is 2. The lowest BCUT2D eigenvalue weighted by Crippen LogP contribution is -2.35. The van der Waals surface area contributed by atoms with Gasteiger partial charge in [-0.15, -0.1) is 0 Å². The minimum Gasteiger partial charge on any atom is -0.378 e. The van der Waals surface area contributed by atoms with Gasteiger partial charge in [-0.3, -0.25) is 9.59 Å². The van der Waals surface area contributed by atoms with E-state index in [1.165, 1.54) is 5.56 Å². The summed E-state index contributed by atoms with van der Waals surface area (Å²) >= 11 is 0. The summed E-state index contributed by atoms with van der Waals surface area (Å²) in [6.07, 6.45) is 2.30. The molecule has 1 aromatic heterocycles. The lowest BCUT2D eigenvalue weighted by atomic mass is 9.90. The van der Waals surface area contributed by atoms with Gasteiger partial charge in [0.15, 0.2) is 0 Å². The van der Waals surface area contributed by atoms with Crippen LogP contribution in [0.4, 0.5) is 5.69 Å². The van der Waals surface area contributed by atoms with Gasteiger partial charge in [-0.25, -0.2) is 0 Å². The number of anilines is 1. The molecule has 1 saturated heterocycles. The zero-order chi connectivity index (χ0) is 25.9. The fourth-order valence-corrected chi connectivity index (χ4v) is 5.16. The molecule has 1 aliphatic rings. The Kier molecular flexibility index (Phi) is 6.99. The number of aryl methyl sites for hydroxylation is 1. The lowest BCUT2D eigenvalue weighted by molar-refractivity contribution is -0.129. The van der Waals surface area contributed by atoms with Crippen LogP contribution < -0.4 is 10.2 Å². The number of carbonyl (C=O) groups is 2. The summed E-state index contributed by atoms with van der Waals surface area (Å²) in [7, 11) is 4.05. The molecule has 6 heteroatoms. The number of fused-ring (bicyclic) bond motifs is 1. The molecule has 0 unspecified atom stereocenters. The fraction of sp³-hybridized carbons (Fsp3) is 0.290. The lowest BCUT2D eigenvalue weighted by Gasteiger charge is -2.21. The number of benzene rings is 3. The molecule has 37 heavy (non-hydrogen) atoms. The second kappa shape index (κ2) is 10.5. The van der Waals surface area contributed by atoms with Crippen molar-refractivity contribution < 1.29 is 9.59 Å². The van der Waals surface area contributed by atoms with Crippen LogP contribution in [-0.2, 0) is 16.1 Å². The molecule has 2 amide bonds. The molecule has 190 valence electrons. The predicted molar refractivity (Wildman–Crippen MR) is 149 cm³/mol. The first kappa shape index (κ1) is 24.6. The molecule has 3 aromatic carbocycles. The Bertz CT molecular complexity index is 1390. The molecule has 0 saturated carbocycles. The molecule has 6 nitrogen and oxygen atoms in total. The molecule has 1 fully saturated rings. The zero-order valence-electron chi connectivity index (χ0n) is 21.7. The number of rotatable bonds is 8. The third kappa shape index (κ3) is 5.38. The van der Waals surface area contributed by atoms with E-state index in [0.29, 0.717) is 19.6 Å². The zero-order valence-corrected chi connectivity index (χ0v) is 21.7. The summed E-state index contributed by atoms with van der Waals surface area (Å²) in [5.41, 5.74) is 6.77. The maximum absolute atomic E-state index is 13.2. The summed E-state index contributed by atoms with van der Waals surface area (Å²) in [6.45, 7) is 3.50. The molecule has 1 aliphatic heterocycles. The second-order valence-electron chi connectivity index (χ2n) is 10.2. The smallest absolute Gasteiger partial charge is 0.225 e. The van der Waals surface area contributed by atoms with E-state index >= 15 is 0 Å². The average molecular weight is 495 g/mol. The maximum atomic E-state index is 13.2. The third-order valence-electron chi connectivity index (χ3n) is 7.37. The summed E-state index contributed by atoms with van der Waals surface area (Å²) < 4.78 is 0. The van der Waals surface area contributed by atoms with Gasteiger partial charge in [0.2, 0.25) is 11.8 Å². The number of aromatic amines is 1. The average Bonchev–Trinajstić information content (AvgIpc) is 3.49.